The number of fused-ring (bicyclic) bond motifs is 1. The number of rotatable bonds is 1. The molecule has 21 heavy (non-hydrogen) atoms. The van der Waals surface area contributed by atoms with E-state index in [-0.39, 0.29) is 22.3 Å². The molecule has 3 heterocycles. The molecule has 0 aliphatic carbocycles. The predicted octanol–water partition coefficient (Wildman–Crippen LogP) is 3.05. The van der Waals surface area contributed by atoms with Crippen LogP contribution in [-0.2, 0) is 6.18 Å². The number of nitrogen functional groups attached to an aromatic ring is 1. The van der Waals surface area contributed by atoms with Crippen molar-refractivity contribution in [2.24, 2.45) is 0 Å². The maximum absolute atomic E-state index is 12.9. The van der Waals surface area contributed by atoms with Crippen molar-refractivity contribution in [2.45, 2.75) is 6.18 Å². The summed E-state index contributed by atoms with van der Waals surface area (Å²) in [5.74, 6) is 0.354. The van der Waals surface area contributed by atoms with E-state index in [1.165, 1.54) is 0 Å². The zero-order valence-corrected chi connectivity index (χ0v) is 11.0. The lowest BCUT2D eigenvalue weighted by Crippen LogP contribution is -2.07. The normalized spacial score (nSPS) is 12.0. The average molecular weight is 314 g/mol. The Morgan fingerprint density at radius 2 is 1.95 bits per heavy atom. The van der Waals surface area contributed by atoms with Crippen molar-refractivity contribution in [3.8, 4) is 11.5 Å². The molecule has 0 aromatic carbocycles. The monoisotopic (exact) mass is 313 g/mol. The molecule has 0 spiro atoms. The lowest BCUT2D eigenvalue weighted by atomic mass is 10.2. The molecule has 0 unspecified atom stereocenters. The summed E-state index contributed by atoms with van der Waals surface area (Å²) in [6.45, 7) is 0. The van der Waals surface area contributed by atoms with Gasteiger partial charge in [0, 0.05) is 6.20 Å². The predicted molar refractivity (Wildman–Crippen MR) is 70.6 cm³/mol. The second kappa shape index (κ2) is 4.59. The number of nitrogens with two attached hydrogens (primary N) is 1. The van der Waals surface area contributed by atoms with Gasteiger partial charge in [0.15, 0.2) is 11.5 Å². The van der Waals surface area contributed by atoms with Gasteiger partial charge in [0.2, 0.25) is 0 Å². The molecule has 0 atom stereocenters. The second-order valence-corrected chi connectivity index (χ2v) is 4.65. The van der Waals surface area contributed by atoms with Crippen LogP contribution < -0.4 is 5.73 Å². The summed E-state index contributed by atoms with van der Waals surface area (Å²) in [6.07, 6.45) is -3.65. The first-order valence-corrected chi connectivity index (χ1v) is 6.08. The Bertz CT molecular complexity index is 827. The minimum absolute atomic E-state index is 0.115. The number of alkyl halides is 3. The highest BCUT2D eigenvalue weighted by molar-refractivity contribution is 6.33. The Morgan fingerprint density at radius 1 is 1.19 bits per heavy atom. The van der Waals surface area contributed by atoms with E-state index in [4.69, 9.17) is 17.3 Å². The SMILES string of the molecule is Nc1cccc(-c2nnc3c(Cl)cc(C(F)(F)F)cn23)n1. The first kappa shape index (κ1) is 13.6. The fraction of sp³-hybridized carbons (Fsp3) is 0.0833. The third kappa shape index (κ3) is 2.38. The van der Waals surface area contributed by atoms with Gasteiger partial charge in [-0.2, -0.15) is 13.2 Å². The highest BCUT2D eigenvalue weighted by Gasteiger charge is 2.32. The molecular formula is C12H7ClF3N5. The molecule has 3 aromatic heterocycles. The summed E-state index contributed by atoms with van der Waals surface area (Å²) in [4.78, 5) is 4.02. The zero-order chi connectivity index (χ0) is 15.2. The van der Waals surface area contributed by atoms with Crippen LogP contribution in [0.4, 0.5) is 19.0 Å². The van der Waals surface area contributed by atoms with Gasteiger partial charge in [0.25, 0.3) is 0 Å². The first-order valence-electron chi connectivity index (χ1n) is 5.70. The molecule has 0 saturated heterocycles. The number of hydrogen-bond donors (Lipinski definition) is 1. The number of hydrogen-bond acceptors (Lipinski definition) is 4. The first-order chi connectivity index (χ1) is 9.86. The van der Waals surface area contributed by atoms with Crippen molar-refractivity contribution in [1.29, 1.82) is 0 Å². The average Bonchev–Trinajstić information content (AvgIpc) is 2.82. The van der Waals surface area contributed by atoms with Gasteiger partial charge >= 0.3 is 6.18 Å². The van der Waals surface area contributed by atoms with Gasteiger partial charge in [-0.3, -0.25) is 4.40 Å². The van der Waals surface area contributed by atoms with Gasteiger partial charge in [-0.25, -0.2) is 4.98 Å². The lowest BCUT2D eigenvalue weighted by Gasteiger charge is -2.08. The van der Waals surface area contributed by atoms with E-state index in [0.717, 1.165) is 16.7 Å². The van der Waals surface area contributed by atoms with Crippen LogP contribution in [0.1, 0.15) is 5.56 Å². The van der Waals surface area contributed by atoms with Crippen LogP contribution in [-0.4, -0.2) is 19.6 Å². The van der Waals surface area contributed by atoms with E-state index in [9.17, 15) is 13.2 Å². The summed E-state index contributed by atoms with van der Waals surface area (Å²) in [7, 11) is 0. The summed E-state index contributed by atoms with van der Waals surface area (Å²) in [5, 5.41) is 7.47. The third-order valence-corrected chi connectivity index (χ3v) is 3.07. The maximum Gasteiger partial charge on any atom is 0.417 e. The van der Waals surface area contributed by atoms with Crippen LogP contribution in [0.5, 0.6) is 0 Å². The quantitative estimate of drug-likeness (QED) is 0.749. The van der Waals surface area contributed by atoms with Gasteiger partial charge in [-0.15, -0.1) is 10.2 Å². The molecule has 108 valence electrons. The van der Waals surface area contributed by atoms with Crippen molar-refractivity contribution in [3.05, 3.63) is 41.0 Å². The number of aromatic nitrogens is 4. The standard InChI is InChI=1S/C12H7ClF3N5/c13-7-4-6(12(14,15)16)5-21-10(7)19-20-11(21)8-2-1-3-9(17)18-8/h1-5H,(H2,17,18). The largest absolute Gasteiger partial charge is 0.417 e. The van der Waals surface area contributed by atoms with E-state index in [1.54, 1.807) is 18.2 Å². The maximum atomic E-state index is 12.9. The summed E-state index contributed by atoms with van der Waals surface area (Å²) in [5.41, 5.74) is 5.08. The van der Waals surface area contributed by atoms with Crippen LogP contribution in [0.25, 0.3) is 17.2 Å². The lowest BCUT2D eigenvalue weighted by molar-refractivity contribution is -0.137. The van der Waals surface area contributed by atoms with E-state index in [0.29, 0.717) is 5.69 Å². The molecule has 3 aromatic rings. The van der Waals surface area contributed by atoms with Crippen molar-refractivity contribution in [1.82, 2.24) is 19.6 Å². The van der Waals surface area contributed by atoms with Gasteiger partial charge in [0.05, 0.1) is 10.6 Å². The molecule has 0 saturated carbocycles. The minimum atomic E-state index is -4.53. The number of anilines is 1. The van der Waals surface area contributed by atoms with Crippen LogP contribution in [0.2, 0.25) is 5.02 Å². The number of pyridine rings is 2. The highest BCUT2D eigenvalue weighted by Crippen LogP contribution is 2.33. The third-order valence-electron chi connectivity index (χ3n) is 2.79. The molecule has 2 N–H and O–H groups in total. The fourth-order valence-electron chi connectivity index (χ4n) is 1.86. The fourth-order valence-corrected chi connectivity index (χ4v) is 2.11. The molecular weight excluding hydrogens is 307 g/mol. The molecule has 0 amide bonds. The Hall–Kier alpha value is -2.35. The van der Waals surface area contributed by atoms with Crippen molar-refractivity contribution < 1.29 is 13.2 Å². The molecule has 3 rings (SSSR count). The molecule has 9 heteroatoms. The van der Waals surface area contributed by atoms with E-state index >= 15 is 0 Å². The topological polar surface area (TPSA) is 69.1 Å². The smallest absolute Gasteiger partial charge is 0.384 e. The van der Waals surface area contributed by atoms with Crippen molar-refractivity contribution in [3.63, 3.8) is 0 Å². The molecule has 0 bridgehead atoms. The van der Waals surface area contributed by atoms with Crippen LogP contribution in [0.15, 0.2) is 30.5 Å². The molecule has 0 aliphatic heterocycles. The summed E-state index contributed by atoms with van der Waals surface area (Å²) < 4.78 is 39.7. The Kier molecular flexibility index (Phi) is 2.98. The van der Waals surface area contributed by atoms with E-state index in [1.807, 2.05) is 0 Å². The van der Waals surface area contributed by atoms with Gasteiger partial charge in [-0.1, -0.05) is 17.7 Å². The number of nitrogens with zero attached hydrogens (tertiary/aromatic N) is 4. The Labute approximate surface area is 121 Å². The minimum Gasteiger partial charge on any atom is -0.384 e. The van der Waals surface area contributed by atoms with Crippen LogP contribution >= 0.6 is 11.6 Å². The van der Waals surface area contributed by atoms with Gasteiger partial charge < -0.3 is 5.73 Å². The van der Waals surface area contributed by atoms with Gasteiger partial charge in [-0.05, 0) is 18.2 Å². The highest BCUT2D eigenvalue weighted by atomic mass is 35.5. The molecule has 0 fully saturated rings. The van der Waals surface area contributed by atoms with Crippen LogP contribution in [0, 0.1) is 0 Å². The Morgan fingerprint density at radius 3 is 2.62 bits per heavy atom. The molecule has 0 radical (unpaired) electrons. The van der Waals surface area contributed by atoms with E-state index < -0.39 is 11.7 Å². The van der Waals surface area contributed by atoms with E-state index in [2.05, 4.69) is 15.2 Å². The summed E-state index contributed by atoms with van der Waals surface area (Å²) >= 11 is 5.83. The van der Waals surface area contributed by atoms with Crippen molar-refractivity contribution in [2.75, 3.05) is 5.73 Å². The van der Waals surface area contributed by atoms with Gasteiger partial charge in [0.1, 0.15) is 11.5 Å². The molecule has 0 aliphatic rings. The number of halogens is 4. The Balaban J connectivity index is 2.28. The van der Waals surface area contributed by atoms with Crippen LogP contribution in [0.3, 0.4) is 0 Å². The van der Waals surface area contributed by atoms with Crippen molar-refractivity contribution >= 4 is 23.1 Å². The summed E-state index contributed by atoms with van der Waals surface area (Å²) in [6, 6.07) is 5.55. The molecule has 5 nitrogen and oxygen atoms in total. The second-order valence-electron chi connectivity index (χ2n) is 4.24. The zero-order valence-electron chi connectivity index (χ0n) is 10.3.